The van der Waals surface area contributed by atoms with E-state index in [1.165, 1.54) is 6.07 Å². The van der Waals surface area contributed by atoms with Gasteiger partial charge in [-0.3, -0.25) is 0 Å². The van der Waals surface area contributed by atoms with Crippen LogP contribution in [0.2, 0.25) is 0 Å². The van der Waals surface area contributed by atoms with Gasteiger partial charge in [0.15, 0.2) is 11.6 Å². The molecule has 3 nitrogen and oxygen atoms in total. The lowest BCUT2D eigenvalue weighted by Gasteiger charge is -2.17. The molecule has 0 radical (unpaired) electrons. The first kappa shape index (κ1) is 14.2. The van der Waals surface area contributed by atoms with Gasteiger partial charge in [0.05, 0.1) is 17.9 Å². The average molecular weight is 277 g/mol. The van der Waals surface area contributed by atoms with E-state index in [0.717, 1.165) is 17.6 Å². The number of aromatic nitrogens is 1. The highest BCUT2D eigenvalue weighted by Gasteiger charge is 2.14. The van der Waals surface area contributed by atoms with E-state index >= 15 is 0 Å². The molecular formula is C15H17F2N3. The third-order valence-electron chi connectivity index (χ3n) is 3.04. The van der Waals surface area contributed by atoms with Gasteiger partial charge in [0.1, 0.15) is 5.82 Å². The van der Waals surface area contributed by atoms with Crippen LogP contribution in [0, 0.1) is 11.6 Å². The Balaban J connectivity index is 2.15. The molecule has 0 fully saturated rings. The Hall–Kier alpha value is -2.17. The zero-order valence-corrected chi connectivity index (χ0v) is 11.7. The van der Waals surface area contributed by atoms with Gasteiger partial charge in [-0.1, -0.05) is 12.1 Å². The van der Waals surface area contributed by atoms with Gasteiger partial charge in [-0.25, -0.2) is 13.8 Å². The number of rotatable bonds is 4. The standard InChI is InChI=1S/C15H17F2N3/c1-10(12-5-4-6-13(16)15(12)17)19-11-7-8-14(18-9-11)20(2)3/h4-10,19H,1-3H3. The van der Waals surface area contributed by atoms with Crippen LogP contribution in [0.1, 0.15) is 18.5 Å². The van der Waals surface area contributed by atoms with Gasteiger partial charge in [0.25, 0.3) is 0 Å². The summed E-state index contributed by atoms with van der Waals surface area (Å²) in [5, 5.41) is 3.10. The van der Waals surface area contributed by atoms with Crippen molar-refractivity contribution in [3.63, 3.8) is 0 Å². The highest BCUT2D eigenvalue weighted by atomic mass is 19.2. The molecule has 1 N–H and O–H groups in total. The number of nitrogens with one attached hydrogen (secondary N) is 1. The molecule has 106 valence electrons. The molecule has 1 aromatic heterocycles. The Bertz CT molecular complexity index is 582. The number of pyridine rings is 1. The molecule has 2 rings (SSSR count). The van der Waals surface area contributed by atoms with Crippen LogP contribution in [0.15, 0.2) is 36.5 Å². The average Bonchev–Trinajstić information content (AvgIpc) is 2.42. The van der Waals surface area contributed by atoms with E-state index in [4.69, 9.17) is 0 Å². The van der Waals surface area contributed by atoms with Crippen LogP contribution in [0.3, 0.4) is 0 Å². The van der Waals surface area contributed by atoms with Crippen molar-refractivity contribution in [2.24, 2.45) is 0 Å². The van der Waals surface area contributed by atoms with E-state index in [2.05, 4.69) is 10.3 Å². The van der Waals surface area contributed by atoms with E-state index in [0.29, 0.717) is 5.56 Å². The second-order valence-electron chi connectivity index (χ2n) is 4.81. The van der Waals surface area contributed by atoms with Crippen LogP contribution in [-0.4, -0.2) is 19.1 Å². The number of nitrogens with zero attached hydrogens (tertiary/aromatic N) is 2. The molecule has 0 bridgehead atoms. The maximum Gasteiger partial charge on any atom is 0.164 e. The fourth-order valence-corrected chi connectivity index (χ4v) is 1.92. The first-order valence-electron chi connectivity index (χ1n) is 6.33. The molecular weight excluding hydrogens is 260 g/mol. The number of hydrogen-bond donors (Lipinski definition) is 1. The topological polar surface area (TPSA) is 28.2 Å². The Morgan fingerprint density at radius 2 is 1.90 bits per heavy atom. The Morgan fingerprint density at radius 1 is 1.15 bits per heavy atom. The van der Waals surface area contributed by atoms with Crippen molar-refractivity contribution in [1.82, 2.24) is 4.98 Å². The Labute approximate surface area is 117 Å². The smallest absolute Gasteiger partial charge is 0.164 e. The highest BCUT2D eigenvalue weighted by Crippen LogP contribution is 2.23. The SMILES string of the molecule is CC(Nc1ccc(N(C)C)nc1)c1cccc(F)c1F. The van der Waals surface area contributed by atoms with Gasteiger partial charge < -0.3 is 10.2 Å². The third kappa shape index (κ3) is 3.04. The largest absolute Gasteiger partial charge is 0.377 e. The lowest BCUT2D eigenvalue weighted by molar-refractivity contribution is 0.494. The van der Waals surface area contributed by atoms with Crippen molar-refractivity contribution in [3.8, 4) is 0 Å². The van der Waals surface area contributed by atoms with Crippen LogP contribution in [0.5, 0.6) is 0 Å². The summed E-state index contributed by atoms with van der Waals surface area (Å²) >= 11 is 0. The van der Waals surface area contributed by atoms with E-state index < -0.39 is 11.6 Å². The van der Waals surface area contributed by atoms with Crippen molar-refractivity contribution < 1.29 is 8.78 Å². The second-order valence-corrected chi connectivity index (χ2v) is 4.81. The van der Waals surface area contributed by atoms with E-state index in [1.54, 1.807) is 19.2 Å². The molecule has 1 aromatic carbocycles. The van der Waals surface area contributed by atoms with Gasteiger partial charge in [-0.15, -0.1) is 0 Å². The maximum atomic E-state index is 13.7. The van der Waals surface area contributed by atoms with Crippen molar-refractivity contribution in [2.75, 3.05) is 24.3 Å². The minimum absolute atomic E-state index is 0.293. The first-order valence-corrected chi connectivity index (χ1v) is 6.33. The molecule has 1 atom stereocenters. The van der Waals surface area contributed by atoms with Crippen molar-refractivity contribution in [2.45, 2.75) is 13.0 Å². The van der Waals surface area contributed by atoms with Crippen molar-refractivity contribution >= 4 is 11.5 Å². The quantitative estimate of drug-likeness (QED) is 0.925. The van der Waals surface area contributed by atoms with E-state index in [9.17, 15) is 8.78 Å². The summed E-state index contributed by atoms with van der Waals surface area (Å²) in [7, 11) is 3.81. The van der Waals surface area contributed by atoms with Crippen molar-refractivity contribution in [3.05, 3.63) is 53.7 Å². The number of halogens is 2. The van der Waals surface area contributed by atoms with Crippen LogP contribution >= 0.6 is 0 Å². The molecule has 0 saturated carbocycles. The van der Waals surface area contributed by atoms with Crippen LogP contribution in [0.4, 0.5) is 20.3 Å². The minimum atomic E-state index is -0.836. The van der Waals surface area contributed by atoms with Crippen LogP contribution in [0.25, 0.3) is 0 Å². The zero-order chi connectivity index (χ0) is 14.7. The van der Waals surface area contributed by atoms with Gasteiger partial charge in [0, 0.05) is 19.7 Å². The van der Waals surface area contributed by atoms with Crippen LogP contribution < -0.4 is 10.2 Å². The molecule has 0 aliphatic carbocycles. The molecule has 5 heteroatoms. The summed E-state index contributed by atoms with van der Waals surface area (Å²) < 4.78 is 26.9. The summed E-state index contributed by atoms with van der Waals surface area (Å²) in [5.41, 5.74) is 1.05. The number of anilines is 2. The predicted octanol–water partition coefficient (Wildman–Crippen LogP) is 3.60. The summed E-state index contributed by atoms with van der Waals surface area (Å²) in [5.74, 6) is -0.817. The normalized spacial score (nSPS) is 12.1. The van der Waals surface area contributed by atoms with Gasteiger partial charge in [0.2, 0.25) is 0 Å². The molecule has 0 spiro atoms. The lowest BCUT2D eigenvalue weighted by atomic mass is 10.1. The lowest BCUT2D eigenvalue weighted by Crippen LogP contribution is -2.12. The van der Waals surface area contributed by atoms with E-state index in [-0.39, 0.29) is 6.04 Å². The molecule has 1 unspecified atom stereocenters. The molecule has 2 aromatic rings. The molecule has 0 saturated heterocycles. The molecule has 0 aliphatic rings. The van der Waals surface area contributed by atoms with Crippen molar-refractivity contribution in [1.29, 1.82) is 0 Å². The van der Waals surface area contributed by atoms with Crippen LogP contribution in [-0.2, 0) is 0 Å². The van der Waals surface area contributed by atoms with Gasteiger partial charge in [-0.05, 0) is 25.1 Å². The fraction of sp³-hybridized carbons (Fsp3) is 0.267. The van der Waals surface area contributed by atoms with Gasteiger partial charge >= 0.3 is 0 Å². The first-order chi connectivity index (χ1) is 9.49. The number of benzene rings is 1. The maximum absolute atomic E-state index is 13.7. The molecule has 20 heavy (non-hydrogen) atoms. The summed E-state index contributed by atoms with van der Waals surface area (Å²) in [6.07, 6.45) is 1.67. The highest BCUT2D eigenvalue weighted by molar-refractivity contribution is 5.49. The molecule has 0 amide bonds. The predicted molar refractivity (Wildman–Crippen MR) is 77.0 cm³/mol. The minimum Gasteiger partial charge on any atom is -0.377 e. The second kappa shape index (κ2) is 5.86. The zero-order valence-electron chi connectivity index (χ0n) is 11.7. The third-order valence-corrected chi connectivity index (χ3v) is 3.04. The summed E-state index contributed by atoms with van der Waals surface area (Å²) in [6.45, 7) is 1.78. The summed E-state index contributed by atoms with van der Waals surface area (Å²) in [6, 6.07) is 7.54. The van der Waals surface area contributed by atoms with E-state index in [1.807, 2.05) is 31.1 Å². The fourth-order valence-electron chi connectivity index (χ4n) is 1.92. The Kier molecular flexibility index (Phi) is 4.17. The number of hydrogen-bond acceptors (Lipinski definition) is 3. The molecule has 1 heterocycles. The monoisotopic (exact) mass is 277 g/mol. The summed E-state index contributed by atoms with van der Waals surface area (Å²) in [4.78, 5) is 6.15. The van der Waals surface area contributed by atoms with Gasteiger partial charge in [-0.2, -0.15) is 0 Å². The Morgan fingerprint density at radius 3 is 2.50 bits per heavy atom. The molecule has 0 aliphatic heterocycles.